The SMILES string of the molecule is C[C@@H](NC(=O)C1(N(C)CCc2ccccc2)Cc2ccccc2C1)C(N)=O. The van der Waals surface area contributed by atoms with Crippen LogP contribution >= 0.6 is 0 Å². The number of nitrogens with zero attached hydrogens (tertiary/aromatic N) is 1. The lowest BCUT2D eigenvalue weighted by Crippen LogP contribution is -2.61. The first-order valence-corrected chi connectivity index (χ1v) is 9.34. The maximum atomic E-state index is 13.2. The van der Waals surface area contributed by atoms with Crippen LogP contribution in [-0.2, 0) is 28.9 Å². The minimum absolute atomic E-state index is 0.138. The average molecular weight is 365 g/mol. The van der Waals surface area contributed by atoms with Crippen LogP contribution in [0.25, 0.3) is 0 Å². The van der Waals surface area contributed by atoms with Gasteiger partial charge < -0.3 is 11.1 Å². The second kappa shape index (κ2) is 7.92. The number of primary amides is 1. The summed E-state index contributed by atoms with van der Waals surface area (Å²) in [7, 11) is 1.99. The molecule has 0 heterocycles. The maximum absolute atomic E-state index is 13.2. The van der Waals surface area contributed by atoms with Gasteiger partial charge in [-0.1, -0.05) is 54.6 Å². The van der Waals surface area contributed by atoms with Crippen molar-refractivity contribution in [3.8, 4) is 0 Å². The number of carbonyl (C=O) groups is 2. The summed E-state index contributed by atoms with van der Waals surface area (Å²) in [5.41, 5.74) is 8.26. The van der Waals surface area contributed by atoms with Crippen molar-refractivity contribution in [2.24, 2.45) is 5.73 Å². The monoisotopic (exact) mass is 365 g/mol. The second-order valence-electron chi connectivity index (χ2n) is 7.41. The van der Waals surface area contributed by atoms with Gasteiger partial charge in [0, 0.05) is 19.4 Å². The number of carbonyl (C=O) groups excluding carboxylic acids is 2. The fraction of sp³-hybridized carbons (Fsp3) is 0.364. The summed E-state index contributed by atoms with van der Waals surface area (Å²) in [5.74, 6) is -0.665. The van der Waals surface area contributed by atoms with Crippen LogP contribution in [0.15, 0.2) is 54.6 Å². The van der Waals surface area contributed by atoms with Crippen molar-refractivity contribution in [3.05, 3.63) is 71.3 Å². The molecular weight excluding hydrogens is 338 g/mol. The zero-order chi connectivity index (χ0) is 19.4. The normalized spacial score (nSPS) is 16.0. The lowest BCUT2D eigenvalue weighted by atomic mass is 9.91. The summed E-state index contributed by atoms with van der Waals surface area (Å²) in [5, 5.41) is 2.82. The Bertz CT molecular complexity index is 794. The lowest BCUT2D eigenvalue weighted by Gasteiger charge is -2.38. The van der Waals surface area contributed by atoms with Gasteiger partial charge in [-0.05, 0) is 37.1 Å². The Hall–Kier alpha value is -2.66. The molecule has 2 aromatic rings. The van der Waals surface area contributed by atoms with Gasteiger partial charge in [0.2, 0.25) is 11.8 Å². The van der Waals surface area contributed by atoms with E-state index in [2.05, 4.69) is 34.5 Å². The molecule has 27 heavy (non-hydrogen) atoms. The third-order valence-electron chi connectivity index (χ3n) is 5.59. The van der Waals surface area contributed by atoms with Crippen LogP contribution in [0, 0.1) is 0 Å². The van der Waals surface area contributed by atoms with Crippen LogP contribution in [0.3, 0.4) is 0 Å². The zero-order valence-corrected chi connectivity index (χ0v) is 15.9. The molecule has 2 amide bonds. The van der Waals surface area contributed by atoms with Crippen molar-refractivity contribution < 1.29 is 9.59 Å². The molecule has 5 heteroatoms. The fourth-order valence-electron chi connectivity index (χ4n) is 3.76. The van der Waals surface area contributed by atoms with Crippen molar-refractivity contribution in [1.82, 2.24) is 10.2 Å². The first-order valence-electron chi connectivity index (χ1n) is 9.34. The van der Waals surface area contributed by atoms with E-state index in [4.69, 9.17) is 5.73 Å². The minimum Gasteiger partial charge on any atom is -0.368 e. The Morgan fingerprint density at radius 3 is 2.19 bits per heavy atom. The molecule has 0 aromatic heterocycles. The predicted octanol–water partition coefficient (Wildman–Crippen LogP) is 1.69. The zero-order valence-electron chi connectivity index (χ0n) is 15.9. The van der Waals surface area contributed by atoms with Gasteiger partial charge in [0.1, 0.15) is 11.6 Å². The third-order valence-corrected chi connectivity index (χ3v) is 5.59. The van der Waals surface area contributed by atoms with Crippen LogP contribution in [0.1, 0.15) is 23.6 Å². The van der Waals surface area contributed by atoms with Gasteiger partial charge in [-0.2, -0.15) is 0 Å². The molecule has 142 valence electrons. The topological polar surface area (TPSA) is 75.4 Å². The maximum Gasteiger partial charge on any atom is 0.241 e. The molecule has 2 aromatic carbocycles. The molecule has 0 radical (unpaired) electrons. The second-order valence-corrected chi connectivity index (χ2v) is 7.41. The van der Waals surface area contributed by atoms with Gasteiger partial charge >= 0.3 is 0 Å². The third kappa shape index (κ3) is 4.03. The standard InChI is InChI=1S/C22H27N3O2/c1-16(20(23)26)24-21(27)22(14-18-10-6-7-11-19(18)15-22)25(2)13-12-17-8-4-3-5-9-17/h3-11,16H,12-15H2,1-2H3,(H2,23,26)(H,24,27)/t16-/m1/s1. The molecule has 0 saturated heterocycles. The van der Waals surface area contributed by atoms with E-state index in [0.29, 0.717) is 12.8 Å². The Kier molecular flexibility index (Phi) is 5.61. The summed E-state index contributed by atoms with van der Waals surface area (Å²) in [6.45, 7) is 2.37. The van der Waals surface area contributed by atoms with E-state index in [9.17, 15) is 9.59 Å². The number of likely N-dealkylation sites (N-methyl/N-ethyl adjacent to an activating group) is 1. The molecule has 0 saturated carbocycles. The van der Waals surface area contributed by atoms with Crippen molar-refractivity contribution in [2.45, 2.75) is 37.8 Å². The smallest absolute Gasteiger partial charge is 0.241 e. The van der Waals surface area contributed by atoms with Gasteiger partial charge in [-0.25, -0.2) is 0 Å². The van der Waals surface area contributed by atoms with Crippen LogP contribution in [0.4, 0.5) is 0 Å². The summed E-state index contributed by atoms with van der Waals surface area (Å²) in [6, 6.07) is 17.7. The highest BCUT2D eigenvalue weighted by Crippen LogP contribution is 2.34. The molecule has 0 spiro atoms. The van der Waals surface area contributed by atoms with Gasteiger partial charge in [-0.3, -0.25) is 14.5 Å². The van der Waals surface area contributed by atoms with E-state index in [-0.39, 0.29) is 5.91 Å². The van der Waals surface area contributed by atoms with Gasteiger partial charge in [0.15, 0.2) is 0 Å². The Morgan fingerprint density at radius 1 is 1.07 bits per heavy atom. The molecule has 0 fully saturated rings. The van der Waals surface area contributed by atoms with Crippen molar-refractivity contribution >= 4 is 11.8 Å². The van der Waals surface area contributed by atoms with E-state index in [1.807, 2.05) is 37.4 Å². The van der Waals surface area contributed by atoms with Crippen molar-refractivity contribution in [3.63, 3.8) is 0 Å². The molecule has 0 bridgehead atoms. The van der Waals surface area contributed by atoms with E-state index >= 15 is 0 Å². The molecule has 0 unspecified atom stereocenters. The Labute approximate surface area is 160 Å². The Morgan fingerprint density at radius 2 is 1.63 bits per heavy atom. The highest BCUT2D eigenvalue weighted by molar-refractivity contribution is 5.92. The van der Waals surface area contributed by atoms with E-state index in [1.165, 1.54) is 16.7 Å². The fourth-order valence-corrected chi connectivity index (χ4v) is 3.76. The number of fused-ring (bicyclic) bond motifs is 1. The predicted molar refractivity (Wildman–Crippen MR) is 106 cm³/mol. The molecule has 5 nitrogen and oxygen atoms in total. The van der Waals surface area contributed by atoms with Gasteiger partial charge in [0.05, 0.1) is 0 Å². The minimum atomic E-state index is -0.706. The highest BCUT2D eigenvalue weighted by atomic mass is 16.2. The number of hydrogen-bond acceptors (Lipinski definition) is 3. The number of nitrogens with one attached hydrogen (secondary N) is 1. The van der Waals surface area contributed by atoms with Crippen molar-refractivity contribution in [1.29, 1.82) is 0 Å². The quantitative estimate of drug-likeness (QED) is 0.784. The molecular formula is C22H27N3O2. The van der Waals surface area contributed by atoms with Crippen LogP contribution < -0.4 is 11.1 Å². The number of rotatable bonds is 7. The summed E-state index contributed by atoms with van der Waals surface area (Å²) >= 11 is 0. The van der Waals surface area contributed by atoms with E-state index in [1.54, 1.807) is 6.92 Å². The molecule has 3 N–H and O–H groups in total. The lowest BCUT2D eigenvalue weighted by molar-refractivity contribution is -0.135. The van der Waals surface area contributed by atoms with Crippen LogP contribution in [-0.4, -0.2) is 41.9 Å². The van der Waals surface area contributed by atoms with Crippen LogP contribution in [0.5, 0.6) is 0 Å². The molecule has 1 aliphatic carbocycles. The number of benzene rings is 2. The molecule has 3 rings (SSSR count). The average Bonchev–Trinajstić information content (AvgIpc) is 3.07. The summed E-state index contributed by atoms with van der Waals surface area (Å²) < 4.78 is 0. The number of nitrogens with two attached hydrogens (primary N) is 1. The number of hydrogen-bond donors (Lipinski definition) is 2. The Balaban J connectivity index is 1.82. The molecule has 1 atom stereocenters. The summed E-state index contributed by atoms with van der Waals surface area (Å²) in [4.78, 5) is 26.8. The summed E-state index contributed by atoms with van der Waals surface area (Å²) in [6.07, 6.45) is 2.12. The van der Waals surface area contributed by atoms with Crippen molar-refractivity contribution in [2.75, 3.05) is 13.6 Å². The van der Waals surface area contributed by atoms with Gasteiger partial charge in [-0.15, -0.1) is 0 Å². The largest absolute Gasteiger partial charge is 0.368 e. The highest BCUT2D eigenvalue weighted by Gasteiger charge is 2.47. The molecule has 1 aliphatic rings. The first-order chi connectivity index (χ1) is 12.9. The van der Waals surface area contributed by atoms with Gasteiger partial charge in [0.25, 0.3) is 0 Å². The van der Waals surface area contributed by atoms with Crippen LogP contribution in [0.2, 0.25) is 0 Å². The molecule has 0 aliphatic heterocycles. The number of amides is 2. The van der Waals surface area contributed by atoms with E-state index < -0.39 is 17.5 Å². The van der Waals surface area contributed by atoms with E-state index in [0.717, 1.165) is 13.0 Å². The first kappa shape index (κ1) is 19.1.